The van der Waals surface area contributed by atoms with Crippen LogP contribution in [0.15, 0.2) is 23.1 Å². The lowest BCUT2D eigenvalue weighted by Crippen LogP contribution is -2.38. The highest BCUT2D eigenvalue weighted by molar-refractivity contribution is 7.85. The van der Waals surface area contributed by atoms with Crippen LogP contribution >= 0.6 is 0 Å². The van der Waals surface area contributed by atoms with Gasteiger partial charge in [-0.05, 0) is 32.9 Å². The van der Waals surface area contributed by atoms with E-state index in [0.717, 1.165) is 17.2 Å². The highest BCUT2D eigenvalue weighted by Crippen LogP contribution is 2.31. The fourth-order valence-corrected chi connectivity index (χ4v) is 2.78. The molecule has 1 atom stereocenters. The predicted molar refractivity (Wildman–Crippen MR) is 76.5 cm³/mol. The van der Waals surface area contributed by atoms with Gasteiger partial charge in [0.05, 0.1) is 10.8 Å². The SMILES string of the molecule is CC(C)(C)NCCS(=O)c1ccc2c(c1)OCCO2. The number of hydrogen-bond acceptors (Lipinski definition) is 4. The minimum atomic E-state index is -1.01. The molecule has 0 radical (unpaired) electrons. The van der Waals surface area contributed by atoms with E-state index >= 15 is 0 Å². The molecule has 2 rings (SSSR count). The molecule has 1 heterocycles. The van der Waals surface area contributed by atoms with Gasteiger partial charge >= 0.3 is 0 Å². The van der Waals surface area contributed by atoms with Crippen LogP contribution in [0, 0.1) is 0 Å². The fourth-order valence-electron chi connectivity index (χ4n) is 1.80. The predicted octanol–water partition coefficient (Wildman–Crippen LogP) is 1.95. The van der Waals surface area contributed by atoms with Crippen LogP contribution in [-0.4, -0.2) is 35.3 Å². The maximum Gasteiger partial charge on any atom is 0.162 e. The van der Waals surface area contributed by atoms with E-state index in [1.165, 1.54) is 0 Å². The number of ether oxygens (including phenoxy) is 2. The smallest absolute Gasteiger partial charge is 0.162 e. The first kappa shape index (κ1) is 14.3. The van der Waals surface area contributed by atoms with Crippen molar-refractivity contribution in [1.82, 2.24) is 5.32 Å². The van der Waals surface area contributed by atoms with Crippen molar-refractivity contribution in [2.45, 2.75) is 31.2 Å². The lowest BCUT2D eigenvalue weighted by atomic mass is 10.1. The maximum absolute atomic E-state index is 12.2. The lowest BCUT2D eigenvalue weighted by molar-refractivity contribution is 0.171. The highest BCUT2D eigenvalue weighted by Gasteiger charge is 2.15. The van der Waals surface area contributed by atoms with Crippen LogP contribution in [0.4, 0.5) is 0 Å². The van der Waals surface area contributed by atoms with Gasteiger partial charge in [-0.25, -0.2) is 0 Å². The summed E-state index contributed by atoms with van der Waals surface area (Å²) in [6.07, 6.45) is 0. The topological polar surface area (TPSA) is 47.6 Å². The Labute approximate surface area is 116 Å². The first-order valence-corrected chi connectivity index (χ1v) is 7.81. The number of fused-ring (bicyclic) bond motifs is 1. The van der Waals surface area contributed by atoms with Crippen molar-refractivity contribution in [3.63, 3.8) is 0 Å². The van der Waals surface area contributed by atoms with E-state index in [2.05, 4.69) is 26.1 Å². The van der Waals surface area contributed by atoms with Gasteiger partial charge in [0.25, 0.3) is 0 Å². The third kappa shape index (κ3) is 4.21. The van der Waals surface area contributed by atoms with Gasteiger partial charge < -0.3 is 14.8 Å². The quantitative estimate of drug-likeness (QED) is 0.917. The van der Waals surface area contributed by atoms with Crippen molar-refractivity contribution in [3.05, 3.63) is 18.2 Å². The Balaban J connectivity index is 1.96. The first-order chi connectivity index (χ1) is 8.96. The van der Waals surface area contributed by atoms with E-state index in [-0.39, 0.29) is 5.54 Å². The number of hydrogen-bond donors (Lipinski definition) is 1. The summed E-state index contributed by atoms with van der Waals surface area (Å²) in [5, 5.41) is 3.34. The molecular formula is C14H21NO3S. The van der Waals surface area contributed by atoms with Crippen LogP contribution in [0.1, 0.15) is 20.8 Å². The molecule has 0 bridgehead atoms. The molecule has 1 aliphatic heterocycles. The van der Waals surface area contributed by atoms with Crippen molar-refractivity contribution in [1.29, 1.82) is 0 Å². The summed E-state index contributed by atoms with van der Waals surface area (Å²) in [6, 6.07) is 5.50. The third-order valence-corrected chi connectivity index (χ3v) is 4.07. The molecule has 0 saturated heterocycles. The van der Waals surface area contributed by atoms with Crippen molar-refractivity contribution in [3.8, 4) is 11.5 Å². The monoisotopic (exact) mass is 283 g/mol. The Morgan fingerprint density at radius 3 is 2.58 bits per heavy atom. The van der Waals surface area contributed by atoms with Gasteiger partial charge in [-0.1, -0.05) is 0 Å². The summed E-state index contributed by atoms with van der Waals surface area (Å²) >= 11 is 0. The average molecular weight is 283 g/mol. The molecule has 1 aliphatic rings. The second-order valence-corrected chi connectivity index (χ2v) is 7.10. The normalized spacial score (nSPS) is 16.2. The Bertz CT molecular complexity index is 468. The molecule has 19 heavy (non-hydrogen) atoms. The zero-order valence-electron chi connectivity index (χ0n) is 11.7. The molecule has 0 saturated carbocycles. The van der Waals surface area contributed by atoms with Crippen LogP contribution in [0.2, 0.25) is 0 Å². The molecule has 0 aliphatic carbocycles. The minimum Gasteiger partial charge on any atom is -0.486 e. The Kier molecular flexibility index (Phi) is 4.47. The van der Waals surface area contributed by atoms with Crippen LogP contribution in [-0.2, 0) is 10.8 Å². The van der Waals surface area contributed by atoms with Crippen LogP contribution in [0.3, 0.4) is 0 Å². The number of nitrogens with one attached hydrogen (secondary N) is 1. The van der Waals surface area contributed by atoms with Gasteiger partial charge in [0.15, 0.2) is 11.5 Å². The molecule has 4 nitrogen and oxygen atoms in total. The molecule has 1 aromatic rings. The molecule has 0 aromatic heterocycles. The van der Waals surface area contributed by atoms with Gasteiger partial charge in [-0.3, -0.25) is 4.21 Å². The third-order valence-electron chi connectivity index (χ3n) is 2.72. The van der Waals surface area contributed by atoms with Crippen molar-refractivity contribution >= 4 is 10.8 Å². The van der Waals surface area contributed by atoms with Gasteiger partial charge in [-0.15, -0.1) is 0 Å². The standard InChI is InChI=1S/C14H21NO3S/c1-14(2,3)15-6-9-19(16)11-4-5-12-13(10-11)18-8-7-17-12/h4-5,10,15H,6-9H2,1-3H3. The molecule has 5 heteroatoms. The summed E-state index contributed by atoms with van der Waals surface area (Å²) in [5.41, 5.74) is 0.0526. The molecule has 1 unspecified atom stereocenters. The van der Waals surface area contributed by atoms with Gasteiger partial charge in [-0.2, -0.15) is 0 Å². The zero-order chi connectivity index (χ0) is 13.9. The second kappa shape index (κ2) is 5.92. The molecule has 0 spiro atoms. The fraction of sp³-hybridized carbons (Fsp3) is 0.571. The first-order valence-electron chi connectivity index (χ1n) is 6.49. The van der Waals surface area contributed by atoms with Crippen LogP contribution in [0.5, 0.6) is 11.5 Å². The van der Waals surface area contributed by atoms with Crippen LogP contribution in [0.25, 0.3) is 0 Å². The summed E-state index contributed by atoms with van der Waals surface area (Å²) in [4.78, 5) is 0.792. The van der Waals surface area contributed by atoms with Crippen molar-refractivity contribution in [2.24, 2.45) is 0 Å². The Morgan fingerprint density at radius 1 is 1.21 bits per heavy atom. The van der Waals surface area contributed by atoms with E-state index in [4.69, 9.17) is 9.47 Å². The van der Waals surface area contributed by atoms with Crippen LogP contribution < -0.4 is 14.8 Å². The summed E-state index contributed by atoms with van der Waals surface area (Å²) in [6.45, 7) is 8.14. The molecule has 1 N–H and O–H groups in total. The molecule has 106 valence electrons. The van der Waals surface area contributed by atoms with E-state index in [9.17, 15) is 4.21 Å². The van der Waals surface area contributed by atoms with Crippen molar-refractivity contribution in [2.75, 3.05) is 25.5 Å². The van der Waals surface area contributed by atoms with Gasteiger partial charge in [0, 0.05) is 28.8 Å². The summed E-state index contributed by atoms with van der Waals surface area (Å²) in [5.74, 6) is 2.03. The average Bonchev–Trinajstić information content (AvgIpc) is 2.36. The van der Waals surface area contributed by atoms with E-state index in [1.807, 2.05) is 18.2 Å². The maximum atomic E-state index is 12.2. The van der Waals surface area contributed by atoms with E-state index in [1.54, 1.807) is 0 Å². The van der Waals surface area contributed by atoms with E-state index in [0.29, 0.717) is 24.7 Å². The van der Waals surface area contributed by atoms with Crippen molar-refractivity contribution < 1.29 is 13.7 Å². The molecular weight excluding hydrogens is 262 g/mol. The highest BCUT2D eigenvalue weighted by atomic mass is 32.2. The molecule has 0 amide bonds. The zero-order valence-corrected chi connectivity index (χ0v) is 12.5. The summed E-state index contributed by atoms with van der Waals surface area (Å²) < 4.78 is 23.1. The molecule has 0 fully saturated rings. The number of benzene rings is 1. The summed E-state index contributed by atoms with van der Waals surface area (Å²) in [7, 11) is -1.01. The molecule has 1 aromatic carbocycles. The van der Waals surface area contributed by atoms with Gasteiger partial charge in [0.2, 0.25) is 0 Å². The largest absolute Gasteiger partial charge is 0.486 e. The van der Waals surface area contributed by atoms with Gasteiger partial charge in [0.1, 0.15) is 13.2 Å². The Hall–Kier alpha value is -1.07. The number of rotatable bonds is 4. The Morgan fingerprint density at radius 2 is 1.89 bits per heavy atom. The minimum absolute atomic E-state index is 0.0526. The lowest BCUT2D eigenvalue weighted by Gasteiger charge is -2.21. The second-order valence-electron chi connectivity index (χ2n) is 5.53. The van der Waals surface area contributed by atoms with E-state index < -0.39 is 10.8 Å².